The van der Waals surface area contributed by atoms with E-state index in [0.29, 0.717) is 20.6 Å². The SMILES string of the molecule is O=C(Nc1ccc(-c2csc(NC(=O)c3ccc(-c4nc5ccccc5s4)s3)n2)cc1)c1ccc(-c2nc3ccccc3s2)s1. The van der Waals surface area contributed by atoms with Crippen molar-refractivity contribution in [1.29, 1.82) is 0 Å². The fourth-order valence-corrected chi connectivity index (χ4v) is 9.20. The van der Waals surface area contributed by atoms with Crippen LogP contribution in [0, 0.1) is 0 Å². The molecule has 8 aromatic rings. The van der Waals surface area contributed by atoms with Crippen LogP contribution in [0.1, 0.15) is 19.3 Å². The number of nitrogens with zero attached hydrogens (tertiary/aromatic N) is 3. The van der Waals surface area contributed by atoms with Crippen LogP contribution in [-0.4, -0.2) is 26.8 Å². The monoisotopic (exact) mass is 677 g/mol. The Morgan fingerprint density at radius 2 is 1.11 bits per heavy atom. The highest BCUT2D eigenvalue weighted by molar-refractivity contribution is 7.26. The van der Waals surface area contributed by atoms with Crippen LogP contribution in [0.2, 0.25) is 0 Å². The second kappa shape index (κ2) is 11.7. The molecule has 3 aromatic carbocycles. The lowest BCUT2D eigenvalue weighted by Gasteiger charge is -2.04. The molecule has 0 fully saturated rings. The normalized spacial score (nSPS) is 11.3. The van der Waals surface area contributed by atoms with Gasteiger partial charge in [0.15, 0.2) is 5.13 Å². The molecule has 12 heteroatoms. The first-order valence-corrected chi connectivity index (χ1v) is 17.8. The highest BCUT2D eigenvalue weighted by Crippen LogP contribution is 2.36. The van der Waals surface area contributed by atoms with E-state index in [1.54, 1.807) is 22.7 Å². The molecule has 2 amide bonds. The van der Waals surface area contributed by atoms with Crippen LogP contribution in [0.15, 0.2) is 102 Å². The maximum atomic E-state index is 13.0. The van der Waals surface area contributed by atoms with Crippen LogP contribution >= 0.6 is 56.7 Å². The average molecular weight is 678 g/mol. The molecule has 0 bridgehead atoms. The van der Waals surface area contributed by atoms with E-state index < -0.39 is 0 Å². The molecular formula is C33H19N5O2S5. The van der Waals surface area contributed by atoms with Crippen LogP contribution in [0.5, 0.6) is 0 Å². The molecule has 0 atom stereocenters. The van der Waals surface area contributed by atoms with E-state index in [1.807, 2.05) is 96.4 Å². The summed E-state index contributed by atoms with van der Waals surface area (Å²) in [6, 6.07) is 31.1. The van der Waals surface area contributed by atoms with Gasteiger partial charge in [-0.25, -0.2) is 15.0 Å². The minimum atomic E-state index is -0.203. The highest BCUT2D eigenvalue weighted by Gasteiger charge is 2.16. The molecule has 8 rings (SSSR count). The van der Waals surface area contributed by atoms with Gasteiger partial charge in [0.2, 0.25) is 0 Å². The number of carbonyl (C=O) groups excluding carboxylic acids is 2. The van der Waals surface area contributed by atoms with Crippen molar-refractivity contribution in [3.8, 4) is 31.0 Å². The summed E-state index contributed by atoms with van der Waals surface area (Å²) in [5.74, 6) is -0.371. The van der Waals surface area contributed by atoms with E-state index >= 15 is 0 Å². The predicted octanol–water partition coefficient (Wildman–Crippen LogP) is 9.99. The van der Waals surface area contributed by atoms with Crippen LogP contribution < -0.4 is 10.6 Å². The molecule has 0 aliphatic rings. The summed E-state index contributed by atoms with van der Waals surface area (Å²) in [7, 11) is 0. The first kappa shape index (κ1) is 27.9. The third-order valence-corrected chi connectivity index (χ3v) is 12.2. The van der Waals surface area contributed by atoms with Crippen molar-refractivity contribution in [2.45, 2.75) is 0 Å². The van der Waals surface area contributed by atoms with Gasteiger partial charge >= 0.3 is 0 Å². The van der Waals surface area contributed by atoms with Gasteiger partial charge in [0.1, 0.15) is 10.0 Å². The van der Waals surface area contributed by atoms with Crippen LogP contribution in [-0.2, 0) is 0 Å². The van der Waals surface area contributed by atoms with Crippen molar-refractivity contribution >= 4 is 99.8 Å². The van der Waals surface area contributed by atoms with Gasteiger partial charge in [-0.05, 0) is 60.7 Å². The average Bonchev–Trinajstić information content (AvgIpc) is 3.89. The van der Waals surface area contributed by atoms with Crippen molar-refractivity contribution < 1.29 is 9.59 Å². The van der Waals surface area contributed by atoms with Gasteiger partial charge in [-0.3, -0.25) is 14.9 Å². The summed E-state index contributed by atoms with van der Waals surface area (Å²) >= 11 is 7.44. The number of fused-ring (bicyclic) bond motifs is 2. The van der Waals surface area contributed by atoms with Gasteiger partial charge in [-0.15, -0.1) is 56.7 Å². The van der Waals surface area contributed by atoms with Crippen LogP contribution in [0.4, 0.5) is 10.8 Å². The number of amides is 2. The molecule has 5 aromatic heterocycles. The number of aromatic nitrogens is 3. The lowest BCUT2D eigenvalue weighted by molar-refractivity contribution is 0.102. The van der Waals surface area contributed by atoms with Gasteiger partial charge in [-0.2, -0.15) is 0 Å². The zero-order chi connectivity index (χ0) is 30.3. The Hall–Kier alpha value is -4.59. The minimum absolute atomic E-state index is 0.168. The fourth-order valence-electron chi connectivity index (χ4n) is 4.64. The van der Waals surface area contributed by atoms with Gasteiger partial charge in [-0.1, -0.05) is 36.4 Å². The Labute approximate surface area is 276 Å². The number of thiophene rings is 2. The zero-order valence-electron chi connectivity index (χ0n) is 23.0. The number of hydrogen-bond acceptors (Lipinski definition) is 10. The maximum absolute atomic E-state index is 13.0. The number of rotatable bonds is 7. The van der Waals surface area contributed by atoms with E-state index in [0.717, 1.165) is 51.5 Å². The lowest BCUT2D eigenvalue weighted by Crippen LogP contribution is -2.10. The summed E-state index contributed by atoms with van der Waals surface area (Å²) in [5, 5.41) is 10.1. The third kappa shape index (κ3) is 5.70. The first-order chi connectivity index (χ1) is 22.1. The standard InChI is InChI=1S/C33H19N5O2S5/c39-29(25-13-15-27(42-25)31-35-20-5-1-3-7-23(20)44-31)34-19-11-9-18(10-12-19)22-17-41-33(37-22)38-30(40)26-14-16-28(43-26)32-36-21-6-2-4-8-24(21)45-32/h1-17H,(H,34,39)(H,37,38,40). The van der Waals surface area contributed by atoms with Crippen molar-refractivity contribution in [1.82, 2.24) is 15.0 Å². The fraction of sp³-hybridized carbons (Fsp3) is 0. The zero-order valence-corrected chi connectivity index (χ0v) is 27.1. The van der Waals surface area contributed by atoms with Gasteiger partial charge in [0, 0.05) is 16.6 Å². The number of benzene rings is 3. The molecule has 0 aliphatic heterocycles. The Bertz CT molecular complexity index is 2280. The maximum Gasteiger partial charge on any atom is 0.267 e. The Balaban J connectivity index is 0.903. The molecular weight excluding hydrogens is 659 g/mol. The lowest BCUT2D eigenvalue weighted by atomic mass is 10.1. The molecule has 218 valence electrons. The van der Waals surface area contributed by atoms with Gasteiger partial charge < -0.3 is 5.32 Å². The Morgan fingerprint density at radius 3 is 1.69 bits per heavy atom. The van der Waals surface area contributed by atoms with Crippen LogP contribution in [0.3, 0.4) is 0 Å². The highest BCUT2D eigenvalue weighted by atomic mass is 32.1. The molecule has 0 saturated carbocycles. The molecule has 5 heterocycles. The molecule has 0 spiro atoms. The summed E-state index contributed by atoms with van der Waals surface area (Å²) in [4.78, 5) is 43.1. The molecule has 2 N–H and O–H groups in total. The van der Waals surface area contributed by atoms with Gasteiger partial charge in [0.05, 0.1) is 45.6 Å². The van der Waals surface area contributed by atoms with E-state index in [4.69, 9.17) is 9.97 Å². The van der Waals surface area contributed by atoms with Crippen molar-refractivity contribution in [2.24, 2.45) is 0 Å². The van der Waals surface area contributed by atoms with E-state index in [-0.39, 0.29) is 11.8 Å². The van der Waals surface area contributed by atoms with Crippen LogP contribution in [0.25, 0.3) is 51.5 Å². The quantitative estimate of drug-likeness (QED) is 0.175. The molecule has 0 aliphatic carbocycles. The minimum Gasteiger partial charge on any atom is -0.321 e. The van der Waals surface area contributed by atoms with Crippen molar-refractivity contribution in [3.63, 3.8) is 0 Å². The van der Waals surface area contributed by atoms with E-state index in [9.17, 15) is 9.59 Å². The molecule has 0 saturated heterocycles. The van der Waals surface area contributed by atoms with Crippen molar-refractivity contribution in [2.75, 3.05) is 10.6 Å². The summed E-state index contributed by atoms with van der Waals surface area (Å²) in [6.07, 6.45) is 0. The third-order valence-electron chi connectivity index (χ3n) is 6.83. The smallest absolute Gasteiger partial charge is 0.267 e. The number of carbonyl (C=O) groups is 2. The molecule has 45 heavy (non-hydrogen) atoms. The molecule has 0 radical (unpaired) electrons. The van der Waals surface area contributed by atoms with Gasteiger partial charge in [0.25, 0.3) is 11.8 Å². The molecule has 0 unspecified atom stereocenters. The van der Waals surface area contributed by atoms with E-state index in [1.165, 1.54) is 34.0 Å². The second-order valence-electron chi connectivity index (χ2n) is 9.82. The van der Waals surface area contributed by atoms with Crippen molar-refractivity contribution in [3.05, 3.63) is 112 Å². The second-order valence-corrected chi connectivity index (χ2v) is 14.9. The first-order valence-electron chi connectivity index (χ1n) is 13.7. The Kier molecular flexibility index (Phi) is 7.28. The summed E-state index contributed by atoms with van der Waals surface area (Å²) < 4.78 is 2.24. The molecule has 7 nitrogen and oxygen atoms in total. The summed E-state index contributed by atoms with van der Waals surface area (Å²) in [5.41, 5.74) is 4.23. The topological polar surface area (TPSA) is 96.9 Å². The number of thiazole rings is 3. The Morgan fingerprint density at radius 1 is 0.556 bits per heavy atom. The number of anilines is 2. The van der Waals surface area contributed by atoms with E-state index in [2.05, 4.69) is 21.7 Å². The largest absolute Gasteiger partial charge is 0.321 e. The summed E-state index contributed by atoms with van der Waals surface area (Å²) in [6.45, 7) is 0. The number of hydrogen-bond donors (Lipinski definition) is 2. The predicted molar refractivity (Wildman–Crippen MR) is 189 cm³/mol. The number of para-hydroxylation sites is 2. The number of nitrogens with one attached hydrogen (secondary N) is 2.